The maximum absolute atomic E-state index is 9.86. The maximum Gasteiger partial charge on any atom is 0.192 e. The smallest absolute Gasteiger partial charge is 0.192 e. The van der Waals surface area contributed by atoms with E-state index in [-0.39, 0.29) is 11.1 Å². The summed E-state index contributed by atoms with van der Waals surface area (Å²) in [4.78, 5) is 2.52. The Bertz CT molecular complexity index is 301. The van der Waals surface area contributed by atoms with E-state index >= 15 is 0 Å². The van der Waals surface area contributed by atoms with Crippen molar-refractivity contribution in [3.63, 3.8) is 0 Å². The first-order valence-electron chi connectivity index (χ1n) is 7.31. The highest BCUT2D eigenvalue weighted by Gasteiger charge is 2.45. The number of nitrogens with zero attached hydrogens (tertiary/aromatic N) is 1. The predicted octanol–water partition coefficient (Wildman–Crippen LogP) is 2.61. The van der Waals surface area contributed by atoms with E-state index in [1.165, 1.54) is 0 Å². The van der Waals surface area contributed by atoms with Crippen molar-refractivity contribution in [3.05, 3.63) is 0 Å². The third kappa shape index (κ3) is 2.82. The lowest BCUT2D eigenvalue weighted by atomic mass is 9.98. The van der Waals surface area contributed by atoms with Gasteiger partial charge in [-0.3, -0.25) is 4.90 Å². The summed E-state index contributed by atoms with van der Waals surface area (Å²) in [5.41, 5.74) is 0. The van der Waals surface area contributed by atoms with Crippen molar-refractivity contribution in [1.29, 1.82) is 0 Å². The van der Waals surface area contributed by atoms with Gasteiger partial charge < -0.3 is 9.53 Å². The second-order valence-corrected chi connectivity index (χ2v) is 12.2. The van der Waals surface area contributed by atoms with Crippen LogP contribution >= 0.6 is 0 Å². The monoisotopic (exact) mass is 271 g/mol. The van der Waals surface area contributed by atoms with E-state index in [0.717, 1.165) is 32.4 Å². The summed E-state index contributed by atoms with van der Waals surface area (Å²) in [7, 11) is -1.68. The largest absolute Gasteiger partial charge is 0.412 e. The minimum atomic E-state index is -1.68. The van der Waals surface area contributed by atoms with E-state index < -0.39 is 8.32 Å². The molecule has 1 N–H and O–H groups in total. The lowest BCUT2D eigenvalue weighted by Gasteiger charge is -2.42. The van der Waals surface area contributed by atoms with Crippen molar-refractivity contribution in [2.75, 3.05) is 13.1 Å². The van der Waals surface area contributed by atoms with Gasteiger partial charge in [0.1, 0.15) is 0 Å². The number of fused-ring (bicyclic) bond motifs is 1. The molecular formula is C14H29NO2Si. The summed E-state index contributed by atoms with van der Waals surface area (Å²) in [5, 5.41) is 10.1. The number of rotatable bonds is 2. The Kier molecular flexibility index (Phi) is 3.94. The molecule has 0 aromatic heterocycles. The van der Waals surface area contributed by atoms with Crippen LogP contribution in [0.2, 0.25) is 18.1 Å². The van der Waals surface area contributed by atoms with Gasteiger partial charge in [0.25, 0.3) is 0 Å². The van der Waals surface area contributed by atoms with Gasteiger partial charge in [-0.1, -0.05) is 20.8 Å². The van der Waals surface area contributed by atoms with E-state index in [1.54, 1.807) is 0 Å². The van der Waals surface area contributed by atoms with E-state index in [1.807, 2.05) is 0 Å². The van der Waals surface area contributed by atoms with Gasteiger partial charge in [-0.25, -0.2) is 0 Å². The molecule has 0 saturated carbocycles. The summed E-state index contributed by atoms with van der Waals surface area (Å²) < 4.78 is 6.57. The molecule has 106 valence electrons. The van der Waals surface area contributed by atoms with Gasteiger partial charge in [0, 0.05) is 19.1 Å². The number of aliphatic hydroxyl groups is 1. The maximum atomic E-state index is 9.86. The highest BCUT2D eigenvalue weighted by molar-refractivity contribution is 6.74. The van der Waals surface area contributed by atoms with E-state index in [0.29, 0.717) is 12.1 Å². The zero-order chi connectivity index (χ0) is 13.6. The normalized spacial score (nSPS) is 34.7. The fraction of sp³-hybridized carbons (Fsp3) is 1.00. The molecule has 2 rings (SSSR count). The summed E-state index contributed by atoms with van der Waals surface area (Å²) in [6, 6.07) is 0.461. The molecule has 4 heteroatoms. The zero-order valence-corrected chi connectivity index (χ0v) is 13.6. The Hall–Kier alpha value is 0.0969. The molecule has 0 aromatic carbocycles. The Morgan fingerprint density at radius 3 is 2.39 bits per heavy atom. The van der Waals surface area contributed by atoms with Crippen LogP contribution in [0.4, 0.5) is 0 Å². The van der Waals surface area contributed by atoms with Crippen LogP contribution in [0.3, 0.4) is 0 Å². The van der Waals surface area contributed by atoms with Gasteiger partial charge in [0.15, 0.2) is 8.32 Å². The van der Waals surface area contributed by atoms with Crippen LogP contribution in [0.15, 0.2) is 0 Å². The summed E-state index contributed by atoms with van der Waals surface area (Å²) in [6.07, 6.45) is 3.21. The number of hydrogen-bond donors (Lipinski definition) is 1. The van der Waals surface area contributed by atoms with Crippen molar-refractivity contribution in [2.24, 2.45) is 0 Å². The molecule has 0 bridgehead atoms. The molecule has 3 nitrogen and oxygen atoms in total. The lowest BCUT2D eigenvalue weighted by Crippen LogP contribution is -2.50. The van der Waals surface area contributed by atoms with Gasteiger partial charge in [0.05, 0.1) is 12.2 Å². The van der Waals surface area contributed by atoms with Crippen LogP contribution in [-0.2, 0) is 4.43 Å². The highest BCUT2D eigenvalue weighted by atomic mass is 28.4. The minimum absolute atomic E-state index is 0.116. The van der Waals surface area contributed by atoms with Gasteiger partial charge in [-0.05, 0) is 37.4 Å². The van der Waals surface area contributed by atoms with Gasteiger partial charge >= 0.3 is 0 Å². The van der Waals surface area contributed by atoms with Crippen molar-refractivity contribution in [3.8, 4) is 0 Å². The Balaban J connectivity index is 2.02. The molecule has 2 fully saturated rings. The molecule has 3 atom stereocenters. The molecule has 0 aliphatic carbocycles. The van der Waals surface area contributed by atoms with Crippen molar-refractivity contribution >= 4 is 8.32 Å². The Labute approximate surface area is 113 Å². The van der Waals surface area contributed by atoms with Gasteiger partial charge in [-0.2, -0.15) is 0 Å². The third-order valence-corrected chi connectivity index (χ3v) is 9.62. The predicted molar refractivity (Wildman–Crippen MR) is 77.3 cm³/mol. The molecule has 0 aromatic rings. The standard InChI is InChI=1S/C14H29NO2Si/c1-14(2,3)18(4,5)17-13-7-9-15-8-6-11(16)10-12(13)15/h11-13,16H,6-10H2,1-5H3/t11-,12+,13+/m1/s1. The van der Waals surface area contributed by atoms with Crippen LogP contribution in [0, 0.1) is 0 Å². The van der Waals surface area contributed by atoms with Crippen molar-refractivity contribution < 1.29 is 9.53 Å². The molecule has 18 heavy (non-hydrogen) atoms. The van der Waals surface area contributed by atoms with Gasteiger partial charge in [0.2, 0.25) is 0 Å². The first-order chi connectivity index (χ1) is 8.21. The lowest BCUT2D eigenvalue weighted by molar-refractivity contribution is 0.0265. The molecule has 2 heterocycles. The highest BCUT2D eigenvalue weighted by Crippen LogP contribution is 2.40. The van der Waals surface area contributed by atoms with Crippen LogP contribution in [-0.4, -0.2) is 49.7 Å². The summed E-state index contributed by atoms with van der Waals surface area (Å²) in [6.45, 7) is 13.7. The first-order valence-corrected chi connectivity index (χ1v) is 10.2. The third-order valence-electron chi connectivity index (χ3n) is 5.11. The number of piperidine rings is 1. The molecule has 2 aliphatic heterocycles. The molecule has 0 unspecified atom stereocenters. The van der Waals surface area contributed by atoms with Crippen LogP contribution in [0.5, 0.6) is 0 Å². The second-order valence-electron chi connectivity index (χ2n) is 7.49. The van der Waals surface area contributed by atoms with E-state index in [4.69, 9.17) is 4.43 Å². The molecule has 0 spiro atoms. The number of aliphatic hydroxyl groups excluding tert-OH is 1. The van der Waals surface area contributed by atoms with Crippen molar-refractivity contribution in [1.82, 2.24) is 4.90 Å². The average molecular weight is 271 g/mol. The molecule has 0 amide bonds. The summed E-state index contributed by atoms with van der Waals surface area (Å²) in [5.74, 6) is 0. The van der Waals surface area contributed by atoms with Crippen molar-refractivity contribution in [2.45, 2.75) is 76.4 Å². The topological polar surface area (TPSA) is 32.7 Å². The molecular weight excluding hydrogens is 242 g/mol. The SMILES string of the molecule is CC(C)(C)[Si](C)(C)O[C@H]1CCN2CC[C@@H](O)C[C@@H]12. The second kappa shape index (κ2) is 4.89. The van der Waals surface area contributed by atoms with Crippen LogP contribution in [0.1, 0.15) is 40.0 Å². The molecule has 2 aliphatic rings. The van der Waals surface area contributed by atoms with E-state index in [9.17, 15) is 5.11 Å². The fourth-order valence-electron chi connectivity index (χ4n) is 2.87. The summed E-state index contributed by atoms with van der Waals surface area (Å²) >= 11 is 0. The van der Waals surface area contributed by atoms with Crippen LogP contribution < -0.4 is 0 Å². The Morgan fingerprint density at radius 2 is 1.78 bits per heavy atom. The molecule has 0 radical (unpaired) electrons. The fourth-order valence-corrected chi connectivity index (χ4v) is 4.25. The minimum Gasteiger partial charge on any atom is -0.412 e. The van der Waals surface area contributed by atoms with Gasteiger partial charge in [-0.15, -0.1) is 0 Å². The Morgan fingerprint density at radius 1 is 1.17 bits per heavy atom. The van der Waals surface area contributed by atoms with E-state index in [2.05, 4.69) is 38.8 Å². The average Bonchev–Trinajstić information content (AvgIpc) is 2.59. The quantitative estimate of drug-likeness (QED) is 0.784. The first kappa shape index (κ1) is 14.5. The zero-order valence-electron chi connectivity index (χ0n) is 12.6. The number of hydrogen-bond acceptors (Lipinski definition) is 3. The molecule has 2 saturated heterocycles. The van der Waals surface area contributed by atoms with Crippen LogP contribution in [0.25, 0.3) is 0 Å².